The first-order valence-electron chi connectivity index (χ1n) is 15.0. The van der Waals surface area contributed by atoms with Crippen LogP contribution in [0.3, 0.4) is 0 Å². The van der Waals surface area contributed by atoms with E-state index in [2.05, 4.69) is 24.5 Å². The maximum absolute atomic E-state index is 14.0. The van der Waals surface area contributed by atoms with Gasteiger partial charge in [-0.3, -0.25) is 19.2 Å². The predicted molar refractivity (Wildman–Crippen MR) is 156 cm³/mol. The van der Waals surface area contributed by atoms with Gasteiger partial charge in [-0.25, -0.2) is 4.79 Å². The molecule has 2 fully saturated rings. The molecule has 2 N–H and O–H groups in total. The van der Waals surface area contributed by atoms with Crippen LogP contribution in [0.25, 0.3) is 0 Å². The maximum Gasteiger partial charge on any atom is 0.408 e. The molecule has 10 nitrogen and oxygen atoms in total. The van der Waals surface area contributed by atoms with Gasteiger partial charge in [-0.15, -0.1) is 0 Å². The van der Waals surface area contributed by atoms with Crippen LogP contribution in [-0.2, 0) is 23.9 Å². The van der Waals surface area contributed by atoms with Crippen LogP contribution in [0.1, 0.15) is 88.0 Å². The van der Waals surface area contributed by atoms with E-state index < -0.39 is 52.8 Å². The van der Waals surface area contributed by atoms with Crippen molar-refractivity contribution in [2.24, 2.45) is 22.7 Å². The van der Waals surface area contributed by atoms with Crippen molar-refractivity contribution in [1.29, 1.82) is 0 Å². The second-order valence-corrected chi connectivity index (χ2v) is 14.4. The van der Waals surface area contributed by atoms with Crippen molar-refractivity contribution in [1.82, 2.24) is 20.4 Å². The molecule has 0 aromatic heterocycles. The zero-order chi connectivity index (χ0) is 30.9. The van der Waals surface area contributed by atoms with E-state index in [0.717, 1.165) is 6.42 Å². The van der Waals surface area contributed by atoms with Crippen molar-refractivity contribution in [2.75, 3.05) is 19.6 Å². The molecule has 1 aliphatic carbocycles. The third-order valence-corrected chi connectivity index (χ3v) is 8.57. The van der Waals surface area contributed by atoms with Gasteiger partial charge in [0.1, 0.15) is 17.7 Å². The van der Waals surface area contributed by atoms with Crippen molar-refractivity contribution < 1.29 is 28.7 Å². The number of hydrogen-bond acceptors (Lipinski definition) is 6. The fourth-order valence-corrected chi connectivity index (χ4v) is 6.12. The third-order valence-electron chi connectivity index (χ3n) is 8.57. The van der Waals surface area contributed by atoms with Gasteiger partial charge in [0.05, 0.1) is 6.04 Å². The lowest BCUT2D eigenvalue weighted by atomic mass is 9.85. The van der Waals surface area contributed by atoms with E-state index in [0.29, 0.717) is 38.9 Å². The van der Waals surface area contributed by atoms with Crippen LogP contribution in [0.4, 0.5) is 4.79 Å². The van der Waals surface area contributed by atoms with Crippen molar-refractivity contribution in [3.8, 4) is 0 Å². The molecule has 41 heavy (non-hydrogen) atoms. The number of nitrogens with one attached hydrogen (secondary N) is 2. The van der Waals surface area contributed by atoms with Crippen LogP contribution in [0.15, 0.2) is 12.2 Å². The van der Waals surface area contributed by atoms with Gasteiger partial charge in [-0.1, -0.05) is 66.5 Å². The van der Waals surface area contributed by atoms with E-state index in [1.165, 1.54) is 4.90 Å². The van der Waals surface area contributed by atoms with Gasteiger partial charge < -0.3 is 25.2 Å². The molecule has 4 amide bonds. The average molecular weight is 575 g/mol. The smallest absolute Gasteiger partial charge is 0.408 e. The molecule has 3 aliphatic rings. The molecule has 0 spiro atoms. The van der Waals surface area contributed by atoms with Gasteiger partial charge in [-0.2, -0.15) is 0 Å². The van der Waals surface area contributed by atoms with Crippen molar-refractivity contribution in [2.45, 2.75) is 112 Å². The predicted octanol–water partition coefficient (Wildman–Crippen LogP) is 3.44. The molecule has 5 unspecified atom stereocenters. The Morgan fingerprint density at radius 1 is 1.02 bits per heavy atom. The Hall–Kier alpha value is -2.91. The van der Waals surface area contributed by atoms with Gasteiger partial charge in [0.15, 0.2) is 0 Å². The van der Waals surface area contributed by atoms with Gasteiger partial charge >= 0.3 is 6.09 Å². The third kappa shape index (κ3) is 7.49. The zero-order valence-corrected chi connectivity index (χ0v) is 26.3. The summed E-state index contributed by atoms with van der Waals surface area (Å²) in [6.07, 6.45) is 5.65. The van der Waals surface area contributed by atoms with Crippen LogP contribution in [0.2, 0.25) is 0 Å². The minimum atomic E-state index is -0.961. The summed E-state index contributed by atoms with van der Waals surface area (Å²) in [5, 5.41) is 5.63. The first kappa shape index (κ1) is 32.6. The number of carbonyl (C=O) groups excluding carboxylic acids is 5. The Morgan fingerprint density at radius 3 is 2.22 bits per heavy atom. The Labute approximate surface area is 245 Å². The topological polar surface area (TPSA) is 125 Å². The van der Waals surface area contributed by atoms with E-state index >= 15 is 0 Å². The second-order valence-electron chi connectivity index (χ2n) is 14.4. The maximum atomic E-state index is 14.0. The second kappa shape index (κ2) is 12.1. The normalized spacial score (nSPS) is 24.7. The number of carbonyl (C=O) groups is 5. The number of likely N-dealkylation sites (tertiary alicyclic amines) is 1. The fourth-order valence-electron chi connectivity index (χ4n) is 6.12. The summed E-state index contributed by atoms with van der Waals surface area (Å²) in [5.41, 5.74) is -1.54. The molecule has 0 bridgehead atoms. The molecule has 0 aromatic carbocycles. The molecule has 2 heterocycles. The molecule has 0 aromatic rings. The highest BCUT2D eigenvalue weighted by Crippen LogP contribution is 2.65. The monoisotopic (exact) mass is 574 g/mol. The standard InChI is InChI=1S/C31H50N4O6/c1-10-11-15-20(23(36)26(38)34-16-13-12-14-17-34)32-25(37)22-21-19(31(21,8)9)18-35(22)27(39)24(29(2,3)4)33-28(40)41-30(5,6)7/h12-13,19-22,24H,10-11,14-18H2,1-9H3,(H,32,37)(H,33,40). The highest BCUT2D eigenvalue weighted by atomic mass is 16.6. The lowest BCUT2D eigenvalue weighted by molar-refractivity contribution is -0.148. The lowest BCUT2D eigenvalue weighted by Crippen LogP contribution is -2.61. The first-order chi connectivity index (χ1) is 18.9. The van der Waals surface area contributed by atoms with Crippen LogP contribution in [-0.4, -0.2) is 82.8 Å². The molecule has 1 saturated carbocycles. The summed E-state index contributed by atoms with van der Waals surface area (Å²) in [4.78, 5) is 70.1. The van der Waals surface area contributed by atoms with Crippen molar-refractivity contribution in [3.63, 3.8) is 0 Å². The van der Waals surface area contributed by atoms with Crippen LogP contribution in [0, 0.1) is 22.7 Å². The minimum Gasteiger partial charge on any atom is -0.444 e. The summed E-state index contributed by atoms with van der Waals surface area (Å²) in [6.45, 7) is 18.2. The number of nitrogens with zero attached hydrogens (tertiary/aromatic N) is 2. The highest BCUT2D eigenvalue weighted by molar-refractivity contribution is 6.38. The molecule has 1 saturated heterocycles. The molecule has 0 radical (unpaired) electrons. The molecule has 230 valence electrons. The summed E-state index contributed by atoms with van der Waals surface area (Å²) in [7, 11) is 0. The van der Waals surface area contributed by atoms with Gasteiger partial charge in [-0.05, 0) is 56.3 Å². The Kier molecular flexibility index (Phi) is 9.65. The van der Waals surface area contributed by atoms with Crippen molar-refractivity contribution >= 4 is 29.6 Å². The highest BCUT2D eigenvalue weighted by Gasteiger charge is 2.70. The van der Waals surface area contributed by atoms with Crippen molar-refractivity contribution in [3.05, 3.63) is 12.2 Å². The molecule has 2 aliphatic heterocycles. The number of hydrogen-bond donors (Lipinski definition) is 2. The minimum absolute atomic E-state index is 0.0848. The molecular formula is C31H50N4O6. The van der Waals surface area contributed by atoms with Gasteiger partial charge in [0.2, 0.25) is 17.6 Å². The van der Waals surface area contributed by atoms with Crippen LogP contribution in [0.5, 0.6) is 0 Å². The quantitative estimate of drug-likeness (QED) is 0.321. The van der Waals surface area contributed by atoms with Gasteiger partial charge in [0, 0.05) is 19.6 Å². The average Bonchev–Trinajstić information content (AvgIpc) is 3.20. The number of amides is 4. The zero-order valence-electron chi connectivity index (χ0n) is 26.3. The lowest BCUT2D eigenvalue weighted by Gasteiger charge is -2.38. The number of alkyl carbamates (subject to hydrolysis) is 1. The molecular weight excluding hydrogens is 524 g/mol. The number of fused-ring (bicyclic) bond motifs is 1. The van der Waals surface area contributed by atoms with Crippen LogP contribution < -0.4 is 10.6 Å². The number of ether oxygens (including phenoxy) is 1. The van der Waals surface area contributed by atoms with E-state index in [-0.39, 0.29) is 23.2 Å². The number of unbranched alkanes of at least 4 members (excludes halogenated alkanes) is 1. The number of ketones is 1. The summed E-state index contributed by atoms with van der Waals surface area (Å²) >= 11 is 0. The number of Topliss-reactive ketones (excluding diaryl/α,β-unsaturated/α-hetero) is 1. The van der Waals surface area contributed by atoms with E-state index in [1.807, 2.05) is 39.8 Å². The SMILES string of the molecule is CCCCC(NC(=O)C1C2C(CN1C(=O)C(NC(=O)OC(C)(C)C)C(C)(C)C)C2(C)C)C(=O)C(=O)N1CC=CCC1. The molecule has 3 rings (SSSR count). The number of piperidine rings is 1. The Balaban J connectivity index is 1.83. The first-order valence-corrected chi connectivity index (χ1v) is 15.0. The summed E-state index contributed by atoms with van der Waals surface area (Å²) < 4.78 is 5.42. The molecule has 5 atom stereocenters. The van der Waals surface area contributed by atoms with E-state index in [4.69, 9.17) is 4.74 Å². The number of rotatable bonds is 9. The summed E-state index contributed by atoms with van der Waals surface area (Å²) in [5.74, 6) is -1.96. The fraction of sp³-hybridized carbons (Fsp3) is 0.774. The van der Waals surface area contributed by atoms with Gasteiger partial charge in [0.25, 0.3) is 5.91 Å². The van der Waals surface area contributed by atoms with Crippen LogP contribution >= 0.6 is 0 Å². The summed E-state index contributed by atoms with van der Waals surface area (Å²) in [6, 6.07) is -2.70. The molecule has 10 heteroatoms. The van der Waals surface area contributed by atoms with E-state index in [9.17, 15) is 24.0 Å². The Morgan fingerprint density at radius 2 is 1.68 bits per heavy atom. The largest absolute Gasteiger partial charge is 0.444 e. The van der Waals surface area contributed by atoms with E-state index in [1.54, 1.807) is 25.7 Å². The Bertz CT molecular complexity index is 1070.